The zero-order chi connectivity index (χ0) is 19.7. The predicted octanol–water partition coefficient (Wildman–Crippen LogP) is 3.66. The lowest BCUT2D eigenvalue weighted by Crippen LogP contribution is -2.12. The molecule has 0 spiro atoms. The van der Waals surface area contributed by atoms with Gasteiger partial charge in [0, 0.05) is 22.8 Å². The fourth-order valence-electron chi connectivity index (χ4n) is 4.43. The van der Waals surface area contributed by atoms with E-state index in [1.807, 2.05) is 29.6 Å². The Morgan fingerprint density at radius 3 is 2.71 bits per heavy atom. The van der Waals surface area contributed by atoms with E-state index in [4.69, 9.17) is 10.8 Å². The van der Waals surface area contributed by atoms with E-state index in [2.05, 4.69) is 23.7 Å². The maximum absolute atomic E-state index is 12.5. The number of aryl methyl sites for hydroxylation is 2. The Morgan fingerprint density at radius 2 is 2.00 bits per heavy atom. The Bertz CT molecular complexity index is 1140. The predicted molar refractivity (Wildman–Crippen MR) is 112 cm³/mol. The lowest BCUT2D eigenvalue weighted by atomic mass is 9.84. The zero-order valence-electron chi connectivity index (χ0n) is 16.5. The number of benzene rings is 1. The van der Waals surface area contributed by atoms with Crippen LogP contribution in [-0.2, 0) is 0 Å². The van der Waals surface area contributed by atoms with Crippen molar-refractivity contribution < 1.29 is 0 Å². The molecule has 4 rings (SSSR count). The number of H-pyrrole nitrogens is 1. The maximum Gasteiger partial charge on any atom is 0.251 e. The molecule has 1 aromatic carbocycles. The van der Waals surface area contributed by atoms with E-state index in [1.165, 1.54) is 37.7 Å². The standard InChI is InChI=1S/C23H26N4O/c1-15-13-17(7-6-12-24)10-11-19(15)20-14-21(28)25-23-22(16(2)26-27(20)23)18-8-4-3-5-9-18/h10-11,13-14,18H,3-5,8-9,12,24H2,1-2H3,(H,25,28). The van der Waals surface area contributed by atoms with Crippen molar-refractivity contribution in [3.8, 4) is 23.1 Å². The van der Waals surface area contributed by atoms with E-state index < -0.39 is 0 Å². The van der Waals surface area contributed by atoms with Crippen molar-refractivity contribution >= 4 is 5.65 Å². The molecule has 5 nitrogen and oxygen atoms in total. The molecule has 1 fully saturated rings. The molecule has 5 heteroatoms. The first-order valence-corrected chi connectivity index (χ1v) is 10.0. The van der Waals surface area contributed by atoms with Gasteiger partial charge < -0.3 is 10.7 Å². The summed E-state index contributed by atoms with van der Waals surface area (Å²) in [6.07, 6.45) is 6.13. The smallest absolute Gasteiger partial charge is 0.251 e. The summed E-state index contributed by atoms with van der Waals surface area (Å²) in [6.45, 7) is 4.43. The van der Waals surface area contributed by atoms with Gasteiger partial charge in [-0.1, -0.05) is 37.2 Å². The van der Waals surface area contributed by atoms with Crippen LogP contribution in [0, 0.1) is 25.7 Å². The summed E-state index contributed by atoms with van der Waals surface area (Å²) in [6, 6.07) is 7.65. The Morgan fingerprint density at radius 1 is 1.21 bits per heavy atom. The molecule has 0 amide bonds. The zero-order valence-corrected chi connectivity index (χ0v) is 16.5. The fraction of sp³-hybridized carbons (Fsp3) is 0.391. The van der Waals surface area contributed by atoms with Gasteiger partial charge in [0.15, 0.2) is 0 Å². The van der Waals surface area contributed by atoms with Crippen molar-refractivity contribution in [2.75, 3.05) is 6.54 Å². The fourth-order valence-corrected chi connectivity index (χ4v) is 4.43. The first kappa shape index (κ1) is 18.5. The van der Waals surface area contributed by atoms with Crippen LogP contribution in [0.5, 0.6) is 0 Å². The van der Waals surface area contributed by atoms with E-state index in [-0.39, 0.29) is 5.56 Å². The third-order valence-corrected chi connectivity index (χ3v) is 5.69. The quantitative estimate of drug-likeness (QED) is 0.672. The van der Waals surface area contributed by atoms with Crippen LogP contribution in [0.25, 0.3) is 16.9 Å². The van der Waals surface area contributed by atoms with E-state index >= 15 is 0 Å². The number of nitrogens with two attached hydrogens (primary N) is 1. The summed E-state index contributed by atoms with van der Waals surface area (Å²) in [5, 5.41) is 4.82. The van der Waals surface area contributed by atoms with Crippen LogP contribution < -0.4 is 11.3 Å². The van der Waals surface area contributed by atoms with Gasteiger partial charge in [0.05, 0.1) is 17.9 Å². The van der Waals surface area contributed by atoms with Crippen molar-refractivity contribution in [2.24, 2.45) is 5.73 Å². The van der Waals surface area contributed by atoms with Gasteiger partial charge in [-0.15, -0.1) is 0 Å². The Hall–Kier alpha value is -2.84. The third-order valence-electron chi connectivity index (χ3n) is 5.69. The van der Waals surface area contributed by atoms with Gasteiger partial charge in [-0.2, -0.15) is 5.10 Å². The first-order valence-electron chi connectivity index (χ1n) is 10.0. The lowest BCUT2D eigenvalue weighted by Gasteiger charge is -2.21. The van der Waals surface area contributed by atoms with Gasteiger partial charge >= 0.3 is 0 Å². The van der Waals surface area contributed by atoms with Crippen LogP contribution >= 0.6 is 0 Å². The van der Waals surface area contributed by atoms with E-state index in [1.54, 1.807) is 6.07 Å². The van der Waals surface area contributed by atoms with Gasteiger partial charge in [-0.25, -0.2) is 4.52 Å². The van der Waals surface area contributed by atoms with Gasteiger partial charge in [0.2, 0.25) is 0 Å². The average molecular weight is 374 g/mol. The Kier molecular flexibility index (Phi) is 5.06. The topological polar surface area (TPSA) is 76.2 Å². The molecule has 0 bridgehead atoms. The highest BCUT2D eigenvalue weighted by Crippen LogP contribution is 2.36. The molecular formula is C23H26N4O. The van der Waals surface area contributed by atoms with Crippen LogP contribution in [-0.4, -0.2) is 21.1 Å². The molecule has 0 aliphatic heterocycles. The van der Waals surface area contributed by atoms with Crippen molar-refractivity contribution in [1.29, 1.82) is 0 Å². The summed E-state index contributed by atoms with van der Waals surface area (Å²) in [4.78, 5) is 15.6. The van der Waals surface area contributed by atoms with Crippen LogP contribution in [0.15, 0.2) is 29.1 Å². The highest BCUT2D eigenvalue weighted by Gasteiger charge is 2.24. The minimum absolute atomic E-state index is 0.0918. The van der Waals surface area contributed by atoms with E-state index in [0.29, 0.717) is 12.5 Å². The Balaban J connectivity index is 1.88. The van der Waals surface area contributed by atoms with E-state index in [9.17, 15) is 4.79 Å². The average Bonchev–Trinajstić information content (AvgIpc) is 3.02. The third kappa shape index (κ3) is 3.36. The molecule has 0 unspecified atom stereocenters. The first-order chi connectivity index (χ1) is 13.6. The summed E-state index contributed by atoms with van der Waals surface area (Å²) >= 11 is 0. The number of aromatic nitrogens is 3. The van der Waals surface area contributed by atoms with Crippen molar-refractivity contribution in [2.45, 2.75) is 51.9 Å². The van der Waals surface area contributed by atoms with Gasteiger partial charge in [0.25, 0.3) is 5.56 Å². The molecule has 2 heterocycles. The molecule has 0 saturated heterocycles. The van der Waals surface area contributed by atoms with Crippen LogP contribution in [0.3, 0.4) is 0 Å². The molecule has 0 atom stereocenters. The van der Waals surface area contributed by atoms with Gasteiger partial charge in [-0.05, 0) is 50.3 Å². The second-order valence-electron chi connectivity index (χ2n) is 7.65. The molecular weight excluding hydrogens is 348 g/mol. The normalized spacial score (nSPS) is 14.8. The number of aromatic amines is 1. The molecule has 1 saturated carbocycles. The van der Waals surface area contributed by atoms with Crippen molar-refractivity contribution in [1.82, 2.24) is 14.6 Å². The number of hydrogen-bond acceptors (Lipinski definition) is 3. The van der Waals surface area contributed by atoms with Crippen LogP contribution in [0.1, 0.15) is 60.4 Å². The van der Waals surface area contributed by atoms with Crippen LogP contribution in [0.2, 0.25) is 0 Å². The Labute approximate surface area is 165 Å². The number of hydrogen-bond donors (Lipinski definition) is 2. The van der Waals surface area contributed by atoms with Crippen molar-refractivity contribution in [3.05, 3.63) is 57.0 Å². The monoisotopic (exact) mass is 374 g/mol. The molecule has 3 N–H and O–H groups in total. The number of nitrogens with zero attached hydrogens (tertiary/aromatic N) is 2. The van der Waals surface area contributed by atoms with Crippen LogP contribution in [0.4, 0.5) is 0 Å². The lowest BCUT2D eigenvalue weighted by molar-refractivity contribution is 0.444. The highest BCUT2D eigenvalue weighted by atomic mass is 16.1. The second-order valence-corrected chi connectivity index (χ2v) is 7.65. The molecule has 0 radical (unpaired) electrons. The molecule has 3 aromatic rings. The molecule has 144 valence electrons. The second kappa shape index (κ2) is 7.65. The molecule has 2 aromatic heterocycles. The summed E-state index contributed by atoms with van der Waals surface area (Å²) in [5.41, 5.74) is 12.2. The van der Waals surface area contributed by atoms with Gasteiger partial charge in [0.1, 0.15) is 5.65 Å². The summed E-state index contributed by atoms with van der Waals surface area (Å²) in [7, 11) is 0. The SMILES string of the molecule is Cc1cc(C#CCN)ccc1-c1cc(=O)[nH]c2c(C3CCCCC3)c(C)nn12. The number of rotatable bonds is 2. The maximum atomic E-state index is 12.5. The van der Waals surface area contributed by atoms with Crippen molar-refractivity contribution in [3.63, 3.8) is 0 Å². The highest BCUT2D eigenvalue weighted by molar-refractivity contribution is 5.68. The summed E-state index contributed by atoms with van der Waals surface area (Å²) < 4.78 is 1.91. The molecule has 1 aliphatic rings. The minimum Gasteiger partial charge on any atom is -0.320 e. The largest absolute Gasteiger partial charge is 0.320 e. The summed E-state index contributed by atoms with van der Waals surface area (Å²) in [5.74, 6) is 6.42. The minimum atomic E-state index is -0.0918. The number of fused-ring (bicyclic) bond motifs is 1. The number of nitrogens with one attached hydrogen (secondary N) is 1. The molecule has 28 heavy (non-hydrogen) atoms. The molecule has 1 aliphatic carbocycles. The van der Waals surface area contributed by atoms with E-state index in [0.717, 1.165) is 33.7 Å². The van der Waals surface area contributed by atoms with Gasteiger partial charge in [-0.3, -0.25) is 4.79 Å².